The van der Waals surface area contributed by atoms with Gasteiger partial charge in [-0.3, -0.25) is 9.89 Å². The van der Waals surface area contributed by atoms with Crippen molar-refractivity contribution in [2.75, 3.05) is 12.3 Å². The van der Waals surface area contributed by atoms with Gasteiger partial charge in [-0.1, -0.05) is 39.5 Å². The SMILES string of the molecule is CC(C)CCCCCCNC(=O)c1nc(N)n[nH]1. The molecule has 0 aliphatic carbocycles. The number of nitrogens with zero attached hydrogens (tertiary/aromatic N) is 2. The van der Waals surface area contributed by atoms with Crippen molar-refractivity contribution in [1.82, 2.24) is 20.5 Å². The zero-order valence-electron chi connectivity index (χ0n) is 11.2. The minimum Gasteiger partial charge on any atom is -0.366 e. The van der Waals surface area contributed by atoms with Gasteiger partial charge in [-0.25, -0.2) is 0 Å². The first-order valence-electron chi connectivity index (χ1n) is 6.55. The van der Waals surface area contributed by atoms with E-state index in [1.807, 2.05) is 0 Å². The summed E-state index contributed by atoms with van der Waals surface area (Å²) in [6, 6.07) is 0. The number of H-pyrrole nitrogens is 1. The monoisotopic (exact) mass is 253 g/mol. The number of nitrogens with two attached hydrogens (primary N) is 1. The molecule has 1 aromatic rings. The van der Waals surface area contributed by atoms with Crippen molar-refractivity contribution in [2.45, 2.75) is 46.0 Å². The van der Waals surface area contributed by atoms with E-state index in [1.54, 1.807) is 0 Å². The van der Waals surface area contributed by atoms with Crippen molar-refractivity contribution in [1.29, 1.82) is 0 Å². The van der Waals surface area contributed by atoms with Gasteiger partial charge in [0.1, 0.15) is 0 Å². The predicted molar refractivity (Wildman–Crippen MR) is 71.1 cm³/mol. The Balaban J connectivity index is 2.03. The Labute approximate surface area is 108 Å². The number of aromatic amines is 1. The van der Waals surface area contributed by atoms with Gasteiger partial charge in [0.2, 0.25) is 11.8 Å². The number of nitrogen functional groups attached to an aromatic ring is 1. The van der Waals surface area contributed by atoms with E-state index < -0.39 is 0 Å². The number of carbonyl (C=O) groups excluding carboxylic acids is 1. The number of rotatable bonds is 8. The zero-order chi connectivity index (χ0) is 13.4. The summed E-state index contributed by atoms with van der Waals surface area (Å²) in [7, 11) is 0. The van der Waals surface area contributed by atoms with Crippen LogP contribution in [0.2, 0.25) is 0 Å². The van der Waals surface area contributed by atoms with Gasteiger partial charge >= 0.3 is 0 Å². The van der Waals surface area contributed by atoms with Crippen LogP contribution in [0.25, 0.3) is 0 Å². The topological polar surface area (TPSA) is 96.7 Å². The number of hydrogen-bond donors (Lipinski definition) is 3. The van der Waals surface area contributed by atoms with Crippen LogP contribution in [0.1, 0.15) is 56.6 Å². The Kier molecular flexibility index (Phi) is 6.18. The van der Waals surface area contributed by atoms with E-state index in [1.165, 1.54) is 19.3 Å². The second-order valence-corrected chi connectivity index (χ2v) is 4.89. The third kappa shape index (κ3) is 5.65. The highest BCUT2D eigenvalue weighted by molar-refractivity contribution is 5.90. The molecule has 0 saturated carbocycles. The molecule has 0 spiro atoms. The lowest BCUT2D eigenvalue weighted by molar-refractivity contribution is 0.0943. The number of anilines is 1. The van der Waals surface area contributed by atoms with E-state index in [2.05, 4.69) is 34.3 Å². The van der Waals surface area contributed by atoms with Crippen molar-refractivity contribution in [3.63, 3.8) is 0 Å². The summed E-state index contributed by atoms with van der Waals surface area (Å²) >= 11 is 0. The molecule has 0 unspecified atom stereocenters. The first-order chi connectivity index (χ1) is 8.59. The number of nitrogens with one attached hydrogen (secondary N) is 2. The minimum atomic E-state index is -0.249. The largest absolute Gasteiger partial charge is 0.366 e. The van der Waals surface area contributed by atoms with Crippen LogP contribution in [0.4, 0.5) is 5.95 Å². The Morgan fingerprint density at radius 3 is 2.67 bits per heavy atom. The van der Waals surface area contributed by atoms with Crippen molar-refractivity contribution in [3.05, 3.63) is 5.82 Å². The van der Waals surface area contributed by atoms with Crippen LogP contribution >= 0.6 is 0 Å². The molecule has 0 saturated heterocycles. The third-order valence-corrected chi connectivity index (χ3v) is 2.71. The molecule has 4 N–H and O–H groups in total. The van der Waals surface area contributed by atoms with E-state index in [9.17, 15) is 4.79 Å². The quantitative estimate of drug-likeness (QED) is 0.614. The summed E-state index contributed by atoms with van der Waals surface area (Å²) in [5.74, 6) is 0.795. The van der Waals surface area contributed by atoms with Crippen LogP contribution in [-0.2, 0) is 0 Å². The van der Waals surface area contributed by atoms with Gasteiger partial charge in [-0.15, -0.1) is 5.10 Å². The van der Waals surface area contributed by atoms with Crippen LogP contribution in [0.15, 0.2) is 0 Å². The third-order valence-electron chi connectivity index (χ3n) is 2.71. The van der Waals surface area contributed by atoms with Crippen molar-refractivity contribution in [3.8, 4) is 0 Å². The molecule has 1 aromatic heterocycles. The molecule has 0 aliphatic rings. The number of hydrogen-bond acceptors (Lipinski definition) is 4. The van der Waals surface area contributed by atoms with Gasteiger partial charge in [0.25, 0.3) is 5.91 Å². The summed E-state index contributed by atoms with van der Waals surface area (Å²) in [4.78, 5) is 15.3. The number of carbonyl (C=O) groups is 1. The molecule has 0 fully saturated rings. The van der Waals surface area contributed by atoms with Gasteiger partial charge in [-0.2, -0.15) is 4.98 Å². The average Bonchev–Trinajstić information content (AvgIpc) is 2.74. The predicted octanol–water partition coefficient (Wildman–Crippen LogP) is 1.72. The zero-order valence-corrected chi connectivity index (χ0v) is 11.2. The van der Waals surface area contributed by atoms with Gasteiger partial charge in [0.05, 0.1) is 0 Å². The Bertz CT molecular complexity index is 361. The molecule has 1 amide bonds. The molecule has 1 heterocycles. The maximum Gasteiger partial charge on any atom is 0.288 e. The highest BCUT2D eigenvalue weighted by atomic mass is 16.2. The Morgan fingerprint density at radius 1 is 1.33 bits per heavy atom. The summed E-state index contributed by atoms with van der Waals surface area (Å²) in [5, 5.41) is 8.87. The second-order valence-electron chi connectivity index (χ2n) is 4.89. The summed E-state index contributed by atoms with van der Waals surface area (Å²) in [6.07, 6.45) is 5.91. The van der Waals surface area contributed by atoms with Crippen LogP contribution in [0, 0.1) is 5.92 Å². The minimum absolute atomic E-state index is 0.0915. The van der Waals surface area contributed by atoms with Gasteiger partial charge in [0.15, 0.2) is 0 Å². The Hall–Kier alpha value is -1.59. The van der Waals surface area contributed by atoms with E-state index >= 15 is 0 Å². The van der Waals surface area contributed by atoms with Crippen LogP contribution in [0.5, 0.6) is 0 Å². The molecular formula is C12H23N5O. The van der Waals surface area contributed by atoms with Crippen LogP contribution in [0.3, 0.4) is 0 Å². The molecular weight excluding hydrogens is 230 g/mol. The lowest BCUT2D eigenvalue weighted by atomic mass is 10.0. The number of aromatic nitrogens is 3. The first-order valence-corrected chi connectivity index (χ1v) is 6.55. The average molecular weight is 253 g/mol. The smallest absolute Gasteiger partial charge is 0.288 e. The molecule has 18 heavy (non-hydrogen) atoms. The first kappa shape index (κ1) is 14.5. The van der Waals surface area contributed by atoms with E-state index in [0.717, 1.165) is 18.8 Å². The van der Waals surface area contributed by atoms with Crippen LogP contribution in [-0.4, -0.2) is 27.6 Å². The molecule has 6 heteroatoms. The molecule has 1 rings (SSSR count). The van der Waals surface area contributed by atoms with E-state index in [4.69, 9.17) is 5.73 Å². The van der Waals surface area contributed by atoms with Gasteiger partial charge < -0.3 is 11.1 Å². The highest BCUT2D eigenvalue weighted by Crippen LogP contribution is 2.08. The molecule has 0 atom stereocenters. The fourth-order valence-electron chi connectivity index (χ4n) is 1.69. The van der Waals surface area contributed by atoms with Crippen molar-refractivity contribution in [2.24, 2.45) is 5.92 Å². The standard InChI is InChI=1S/C12H23N5O/c1-9(2)7-5-3-4-6-8-14-11(18)10-15-12(13)17-16-10/h9H,3-8H2,1-2H3,(H,14,18)(H3,13,15,16,17). The van der Waals surface area contributed by atoms with E-state index in [0.29, 0.717) is 6.54 Å². The normalized spacial score (nSPS) is 10.8. The number of unbranched alkanes of at least 4 members (excludes halogenated alkanes) is 3. The molecule has 0 radical (unpaired) electrons. The van der Waals surface area contributed by atoms with Gasteiger partial charge in [0, 0.05) is 6.54 Å². The second kappa shape index (κ2) is 7.68. The lowest BCUT2D eigenvalue weighted by Crippen LogP contribution is -2.25. The Morgan fingerprint density at radius 2 is 2.06 bits per heavy atom. The van der Waals surface area contributed by atoms with Crippen LogP contribution < -0.4 is 11.1 Å². The van der Waals surface area contributed by atoms with E-state index in [-0.39, 0.29) is 17.7 Å². The summed E-state index contributed by atoms with van der Waals surface area (Å²) in [6.45, 7) is 5.15. The lowest BCUT2D eigenvalue weighted by Gasteiger charge is -2.05. The molecule has 6 nitrogen and oxygen atoms in total. The van der Waals surface area contributed by atoms with Gasteiger partial charge in [-0.05, 0) is 12.3 Å². The van der Waals surface area contributed by atoms with Crippen molar-refractivity contribution < 1.29 is 4.79 Å². The molecule has 102 valence electrons. The molecule has 0 bridgehead atoms. The summed E-state index contributed by atoms with van der Waals surface area (Å²) < 4.78 is 0. The maximum absolute atomic E-state index is 11.5. The molecule has 0 aromatic carbocycles. The number of amides is 1. The fourth-order valence-corrected chi connectivity index (χ4v) is 1.69. The summed E-state index contributed by atoms with van der Waals surface area (Å²) in [5.41, 5.74) is 5.32. The molecule has 0 aliphatic heterocycles. The van der Waals surface area contributed by atoms with Crippen molar-refractivity contribution >= 4 is 11.9 Å². The highest BCUT2D eigenvalue weighted by Gasteiger charge is 2.09. The fraction of sp³-hybridized carbons (Fsp3) is 0.750. The maximum atomic E-state index is 11.5.